The van der Waals surface area contributed by atoms with E-state index in [0.29, 0.717) is 18.8 Å². The molecule has 7 nitrogen and oxygen atoms in total. The van der Waals surface area contributed by atoms with E-state index in [1.165, 1.54) is 0 Å². The smallest absolute Gasteiger partial charge is 0.276 e. The lowest BCUT2D eigenvalue weighted by Gasteiger charge is -2.32. The number of amides is 1. The maximum Gasteiger partial charge on any atom is 0.276 e. The fourth-order valence-corrected chi connectivity index (χ4v) is 3.59. The Labute approximate surface area is 128 Å². The number of carbonyl (C=O) groups excluding carboxylic acids is 1. The Hall–Kier alpha value is -2.18. The molecule has 0 radical (unpaired) electrons. The summed E-state index contributed by atoms with van der Waals surface area (Å²) in [7, 11) is 0. The molecule has 2 aromatic rings. The predicted octanol–water partition coefficient (Wildman–Crippen LogP) is 1.67. The van der Waals surface area contributed by atoms with Crippen LogP contribution in [0.5, 0.6) is 0 Å². The standard InChI is InChI=1S/C15H19N5O2/c1-9-7-19(8-13-17-16-10(2)20(9)13)15(21)14-11-5-3-4-6-12(11)22-18-14/h9H,3-8H2,1-2H3/t9-/m1/s1. The lowest BCUT2D eigenvalue weighted by atomic mass is 9.96. The van der Waals surface area contributed by atoms with Crippen LogP contribution in [0.2, 0.25) is 0 Å². The van der Waals surface area contributed by atoms with Gasteiger partial charge in [0, 0.05) is 18.5 Å². The van der Waals surface area contributed by atoms with Gasteiger partial charge in [0.25, 0.3) is 5.91 Å². The van der Waals surface area contributed by atoms with Crippen molar-refractivity contribution in [1.29, 1.82) is 0 Å². The monoisotopic (exact) mass is 301 g/mol. The van der Waals surface area contributed by atoms with Gasteiger partial charge in [-0.1, -0.05) is 5.16 Å². The first-order valence-corrected chi connectivity index (χ1v) is 7.82. The fourth-order valence-electron chi connectivity index (χ4n) is 3.59. The van der Waals surface area contributed by atoms with Crippen molar-refractivity contribution in [3.63, 3.8) is 0 Å². The van der Waals surface area contributed by atoms with Crippen LogP contribution in [-0.2, 0) is 19.4 Å². The molecule has 0 spiro atoms. The Kier molecular flexibility index (Phi) is 3.02. The first kappa shape index (κ1) is 13.5. The third kappa shape index (κ3) is 1.95. The molecule has 0 unspecified atom stereocenters. The van der Waals surface area contributed by atoms with Gasteiger partial charge in [-0.05, 0) is 33.1 Å². The van der Waals surface area contributed by atoms with Crippen molar-refractivity contribution < 1.29 is 9.32 Å². The summed E-state index contributed by atoms with van der Waals surface area (Å²) < 4.78 is 7.47. The summed E-state index contributed by atoms with van der Waals surface area (Å²) in [6.07, 6.45) is 3.98. The van der Waals surface area contributed by atoms with Gasteiger partial charge in [0.1, 0.15) is 11.6 Å². The van der Waals surface area contributed by atoms with Crippen LogP contribution in [0, 0.1) is 6.92 Å². The minimum absolute atomic E-state index is 0.0503. The number of hydrogen-bond acceptors (Lipinski definition) is 5. The van der Waals surface area contributed by atoms with Gasteiger partial charge in [-0.15, -0.1) is 10.2 Å². The Morgan fingerprint density at radius 2 is 2.09 bits per heavy atom. The summed E-state index contributed by atoms with van der Waals surface area (Å²) in [5, 5.41) is 12.3. The number of rotatable bonds is 1. The third-order valence-corrected chi connectivity index (χ3v) is 4.63. The highest BCUT2D eigenvalue weighted by Gasteiger charge is 2.32. The number of carbonyl (C=O) groups is 1. The van der Waals surface area contributed by atoms with E-state index in [0.717, 1.165) is 48.7 Å². The molecule has 3 heterocycles. The van der Waals surface area contributed by atoms with Crippen LogP contribution in [0.15, 0.2) is 4.52 Å². The van der Waals surface area contributed by atoms with Crippen LogP contribution in [0.4, 0.5) is 0 Å². The molecule has 0 saturated carbocycles. The van der Waals surface area contributed by atoms with Crippen molar-refractivity contribution in [3.05, 3.63) is 28.7 Å². The first-order chi connectivity index (χ1) is 10.6. The lowest BCUT2D eigenvalue weighted by Crippen LogP contribution is -2.41. The molecule has 4 rings (SSSR count). The predicted molar refractivity (Wildman–Crippen MR) is 77.4 cm³/mol. The molecule has 0 aromatic carbocycles. The van der Waals surface area contributed by atoms with Gasteiger partial charge in [-0.25, -0.2) is 0 Å². The number of aromatic nitrogens is 4. The molecule has 22 heavy (non-hydrogen) atoms. The van der Waals surface area contributed by atoms with E-state index in [1.807, 2.05) is 6.92 Å². The molecule has 7 heteroatoms. The maximum atomic E-state index is 12.8. The SMILES string of the molecule is Cc1nnc2n1[C@H](C)CN(C(=O)c1noc3c1CCCC3)C2. The van der Waals surface area contributed by atoms with Crippen LogP contribution in [0.1, 0.15) is 59.3 Å². The second kappa shape index (κ2) is 4.93. The van der Waals surface area contributed by atoms with E-state index in [2.05, 4.69) is 26.8 Å². The van der Waals surface area contributed by atoms with Crippen molar-refractivity contribution in [2.24, 2.45) is 0 Å². The molecule has 1 aliphatic heterocycles. The highest BCUT2D eigenvalue weighted by molar-refractivity contribution is 5.94. The van der Waals surface area contributed by atoms with Gasteiger partial charge in [0.05, 0.1) is 12.6 Å². The molecule has 1 amide bonds. The summed E-state index contributed by atoms with van der Waals surface area (Å²) in [5.74, 6) is 2.57. The minimum atomic E-state index is -0.0503. The summed E-state index contributed by atoms with van der Waals surface area (Å²) in [6, 6.07) is 0.172. The quantitative estimate of drug-likeness (QED) is 0.800. The second-order valence-corrected chi connectivity index (χ2v) is 6.21. The van der Waals surface area contributed by atoms with Gasteiger partial charge in [0.2, 0.25) is 0 Å². The van der Waals surface area contributed by atoms with Gasteiger partial charge in [0.15, 0.2) is 11.5 Å². The number of hydrogen-bond donors (Lipinski definition) is 0. The molecule has 2 aliphatic rings. The Balaban J connectivity index is 1.63. The molecule has 0 saturated heterocycles. The van der Waals surface area contributed by atoms with Crippen LogP contribution in [-0.4, -0.2) is 37.3 Å². The van der Waals surface area contributed by atoms with E-state index in [1.54, 1.807) is 4.90 Å². The zero-order valence-electron chi connectivity index (χ0n) is 12.9. The van der Waals surface area contributed by atoms with Gasteiger partial charge in [-0.2, -0.15) is 0 Å². The van der Waals surface area contributed by atoms with Crippen molar-refractivity contribution in [2.75, 3.05) is 6.54 Å². The third-order valence-electron chi connectivity index (χ3n) is 4.63. The molecule has 1 atom stereocenters. The zero-order chi connectivity index (χ0) is 15.3. The van der Waals surface area contributed by atoms with Crippen LogP contribution in [0.25, 0.3) is 0 Å². The van der Waals surface area contributed by atoms with Crippen LogP contribution in [0.3, 0.4) is 0 Å². The van der Waals surface area contributed by atoms with E-state index >= 15 is 0 Å². The first-order valence-electron chi connectivity index (χ1n) is 7.82. The average molecular weight is 301 g/mol. The van der Waals surface area contributed by atoms with Crippen molar-refractivity contribution in [3.8, 4) is 0 Å². The Morgan fingerprint density at radius 1 is 1.27 bits per heavy atom. The summed E-state index contributed by atoms with van der Waals surface area (Å²) >= 11 is 0. The molecule has 1 aliphatic carbocycles. The second-order valence-electron chi connectivity index (χ2n) is 6.21. The maximum absolute atomic E-state index is 12.8. The zero-order valence-corrected chi connectivity index (χ0v) is 12.9. The number of nitrogens with zero attached hydrogens (tertiary/aromatic N) is 5. The largest absolute Gasteiger partial charge is 0.360 e. The van der Waals surface area contributed by atoms with Gasteiger partial charge in [-0.3, -0.25) is 4.79 Å². The summed E-state index contributed by atoms with van der Waals surface area (Å²) in [5.41, 5.74) is 1.50. The molecule has 116 valence electrons. The van der Waals surface area contributed by atoms with E-state index in [-0.39, 0.29) is 11.9 Å². The van der Waals surface area contributed by atoms with Crippen molar-refractivity contribution >= 4 is 5.91 Å². The fraction of sp³-hybridized carbons (Fsp3) is 0.600. The van der Waals surface area contributed by atoms with Crippen molar-refractivity contribution in [2.45, 2.75) is 52.1 Å². The van der Waals surface area contributed by atoms with Gasteiger partial charge >= 0.3 is 0 Å². The molecule has 0 N–H and O–H groups in total. The number of aryl methyl sites for hydroxylation is 2. The molecular formula is C15H19N5O2. The lowest BCUT2D eigenvalue weighted by molar-refractivity contribution is 0.0668. The average Bonchev–Trinajstić information content (AvgIpc) is 3.11. The van der Waals surface area contributed by atoms with Crippen LogP contribution < -0.4 is 0 Å². The normalized spacial score (nSPS) is 20.6. The summed E-state index contributed by atoms with van der Waals surface area (Å²) in [6.45, 7) is 5.15. The van der Waals surface area contributed by atoms with Crippen molar-refractivity contribution in [1.82, 2.24) is 24.8 Å². The van der Waals surface area contributed by atoms with E-state index in [9.17, 15) is 4.79 Å². The molecule has 0 bridgehead atoms. The number of fused-ring (bicyclic) bond motifs is 2. The Morgan fingerprint density at radius 3 is 2.95 bits per heavy atom. The van der Waals surface area contributed by atoms with Gasteiger partial charge < -0.3 is 14.0 Å². The highest BCUT2D eigenvalue weighted by Crippen LogP contribution is 2.27. The summed E-state index contributed by atoms with van der Waals surface area (Å²) in [4.78, 5) is 14.6. The molecular weight excluding hydrogens is 282 g/mol. The van der Waals surface area contributed by atoms with Crippen LogP contribution >= 0.6 is 0 Å². The highest BCUT2D eigenvalue weighted by atomic mass is 16.5. The van der Waals surface area contributed by atoms with E-state index in [4.69, 9.17) is 4.52 Å². The Bertz CT molecular complexity index is 732. The molecule has 2 aromatic heterocycles. The molecule has 0 fully saturated rings. The topological polar surface area (TPSA) is 77.1 Å². The minimum Gasteiger partial charge on any atom is -0.360 e. The van der Waals surface area contributed by atoms with E-state index < -0.39 is 0 Å².